The zero-order valence-electron chi connectivity index (χ0n) is 7.54. The van der Waals surface area contributed by atoms with Crippen molar-refractivity contribution in [1.29, 1.82) is 0 Å². The van der Waals surface area contributed by atoms with Crippen LogP contribution in [0.15, 0.2) is 11.6 Å². The first-order valence-corrected chi connectivity index (χ1v) is 4.94. The van der Waals surface area contributed by atoms with Crippen LogP contribution in [0.3, 0.4) is 0 Å². The van der Waals surface area contributed by atoms with E-state index < -0.39 is 0 Å². The Morgan fingerprint density at radius 2 is 2.50 bits per heavy atom. The van der Waals surface area contributed by atoms with Crippen LogP contribution in [0.25, 0.3) is 5.13 Å². The van der Waals surface area contributed by atoms with Crippen LogP contribution >= 0.6 is 11.3 Å². The third kappa shape index (κ3) is 1.53. The Morgan fingerprint density at radius 3 is 3.14 bits per heavy atom. The summed E-state index contributed by atoms with van der Waals surface area (Å²) in [4.78, 5) is 7.99. The highest BCUT2D eigenvalue weighted by Crippen LogP contribution is 2.16. The van der Waals surface area contributed by atoms with Gasteiger partial charge in [0.05, 0.1) is 6.61 Å². The van der Waals surface area contributed by atoms with Gasteiger partial charge in [0.15, 0.2) is 0 Å². The number of rotatable bonds is 3. The van der Waals surface area contributed by atoms with E-state index in [0.29, 0.717) is 11.7 Å². The summed E-state index contributed by atoms with van der Waals surface area (Å²) in [7, 11) is 0. The zero-order valence-corrected chi connectivity index (χ0v) is 8.36. The molecule has 0 bridgehead atoms. The maximum atomic E-state index is 5.64. The van der Waals surface area contributed by atoms with Crippen molar-refractivity contribution in [2.75, 3.05) is 12.3 Å². The predicted molar refractivity (Wildman–Crippen MR) is 52.6 cm³/mol. The first-order chi connectivity index (χ1) is 6.81. The Morgan fingerprint density at radius 1 is 1.64 bits per heavy atom. The topological polar surface area (TPSA) is 78.9 Å². The lowest BCUT2D eigenvalue weighted by molar-refractivity contribution is 0.312. The molecule has 2 N–H and O–H groups in total. The van der Waals surface area contributed by atoms with Crippen molar-refractivity contribution in [3.8, 4) is 11.1 Å². The highest BCUT2D eigenvalue weighted by molar-refractivity contribution is 7.12. The number of ether oxygens (including phenoxy) is 1. The molecule has 74 valence electrons. The predicted octanol–water partition coefficient (Wildman–Crippen LogP) is 0.705. The number of nitrogen functional groups attached to an aromatic ring is 1. The lowest BCUT2D eigenvalue weighted by Crippen LogP contribution is -2.01. The number of hydrogen-bond donors (Lipinski definition) is 1. The van der Waals surface area contributed by atoms with Crippen LogP contribution in [-0.2, 0) is 0 Å². The Labute approximate surface area is 84.4 Å². The molecule has 0 fully saturated rings. The Bertz CT molecular complexity index is 410. The number of anilines is 1. The van der Waals surface area contributed by atoms with Crippen molar-refractivity contribution in [2.45, 2.75) is 6.92 Å². The molecule has 0 unspecified atom stereocenters. The van der Waals surface area contributed by atoms with E-state index >= 15 is 0 Å². The second-order valence-corrected chi connectivity index (χ2v) is 3.29. The van der Waals surface area contributed by atoms with E-state index in [1.807, 2.05) is 12.3 Å². The van der Waals surface area contributed by atoms with Crippen LogP contribution in [0.4, 0.5) is 5.95 Å². The molecule has 0 saturated carbocycles. The van der Waals surface area contributed by atoms with Crippen molar-refractivity contribution >= 4 is 17.3 Å². The van der Waals surface area contributed by atoms with Gasteiger partial charge in [0.1, 0.15) is 0 Å². The second kappa shape index (κ2) is 3.62. The maximum Gasteiger partial charge on any atom is 0.337 e. The van der Waals surface area contributed by atoms with Gasteiger partial charge in [-0.3, -0.25) is 0 Å². The van der Waals surface area contributed by atoms with Gasteiger partial charge in [0.25, 0.3) is 0 Å². The molecule has 0 saturated heterocycles. The molecule has 2 aromatic rings. The van der Waals surface area contributed by atoms with Gasteiger partial charge in [-0.2, -0.15) is 9.67 Å². The average molecular weight is 211 g/mol. The van der Waals surface area contributed by atoms with Gasteiger partial charge in [0.2, 0.25) is 11.1 Å². The summed E-state index contributed by atoms with van der Waals surface area (Å²) in [6.45, 7) is 2.38. The third-order valence-corrected chi connectivity index (χ3v) is 2.23. The summed E-state index contributed by atoms with van der Waals surface area (Å²) >= 11 is 1.44. The number of aromatic nitrogens is 4. The molecular weight excluding hydrogens is 202 g/mol. The summed E-state index contributed by atoms with van der Waals surface area (Å²) in [5.74, 6) is 0.281. The van der Waals surface area contributed by atoms with Crippen molar-refractivity contribution in [3.05, 3.63) is 11.6 Å². The summed E-state index contributed by atoms with van der Waals surface area (Å²) in [5, 5.41) is 6.57. The molecule has 0 aliphatic heterocycles. The molecule has 0 aromatic carbocycles. The van der Waals surface area contributed by atoms with Crippen LogP contribution in [0.1, 0.15) is 6.92 Å². The minimum absolute atomic E-state index is 0.278. The fraction of sp³-hybridized carbons (Fsp3) is 0.286. The van der Waals surface area contributed by atoms with Crippen LogP contribution < -0.4 is 10.5 Å². The number of nitrogens with two attached hydrogens (primary N) is 1. The highest BCUT2D eigenvalue weighted by Gasteiger charge is 2.10. The van der Waals surface area contributed by atoms with Gasteiger partial charge >= 0.3 is 6.01 Å². The number of nitrogens with zero attached hydrogens (tertiary/aromatic N) is 4. The summed E-state index contributed by atoms with van der Waals surface area (Å²) < 4.78 is 6.57. The largest absolute Gasteiger partial charge is 0.463 e. The molecule has 7 heteroatoms. The van der Waals surface area contributed by atoms with E-state index in [1.54, 1.807) is 6.20 Å². The van der Waals surface area contributed by atoms with Crippen molar-refractivity contribution in [1.82, 2.24) is 19.7 Å². The number of hydrogen-bond acceptors (Lipinski definition) is 6. The lowest BCUT2D eigenvalue weighted by Gasteiger charge is -1.94. The van der Waals surface area contributed by atoms with E-state index in [1.165, 1.54) is 16.0 Å². The van der Waals surface area contributed by atoms with Crippen LogP contribution in [0, 0.1) is 0 Å². The molecule has 0 aliphatic carbocycles. The van der Waals surface area contributed by atoms with Gasteiger partial charge in [0, 0.05) is 11.6 Å². The van der Waals surface area contributed by atoms with Gasteiger partial charge < -0.3 is 10.5 Å². The molecule has 0 amide bonds. The second-order valence-electron chi connectivity index (χ2n) is 2.41. The molecule has 2 rings (SSSR count). The fourth-order valence-electron chi connectivity index (χ4n) is 0.956. The number of thiazole rings is 1. The molecular formula is C7H9N5OS. The fourth-order valence-corrected chi connectivity index (χ4v) is 1.56. The van der Waals surface area contributed by atoms with Gasteiger partial charge in [-0.1, -0.05) is 0 Å². The normalized spacial score (nSPS) is 10.4. The van der Waals surface area contributed by atoms with Crippen LogP contribution in [-0.4, -0.2) is 26.4 Å². The van der Waals surface area contributed by atoms with Gasteiger partial charge in [-0.25, -0.2) is 4.98 Å². The van der Waals surface area contributed by atoms with E-state index in [9.17, 15) is 0 Å². The molecule has 0 radical (unpaired) electrons. The molecule has 14 heavy (non-hydrogen) atoms. The Hall–Kier alpha value is -1.63. The van der Waals surface area contributed by atoms with E-state index in [-0.39, 0.29) is 12.0 Å². The summed E-state index contributed by atoms with van der Waals surface area (Å²) in [6.07, 6.45) is 1.68. The van der Waals surface area contributed by atoms with Gasteiger partial charge in [-0.05, 0) is 6.92 Å². The smallest absolute Gasteiger partial charge is 0.337 e. The van der Waals surface area contributed by atoms with E-state index in [0.717, 1.165) is 0 Å². The van der Waals surface area contributed by atoms with E-state index in [4.69, 9.17) is 10.5 Å². The lowest BCUT2D eigenvalue weighted by atomic mass is 10.9. The SMILES string of the molecule is CCOc1nc(N)n(-c2nccs2)n1. The Balaban J connectivity index is 2.35. The summed E-state index contributed by atoms with van der Waals surface area (Å²) in [6, 6.07) is 0.278. The average Bonchev–Trinajstić information content (AvgIpc) is 2.74. The standard InChI is InChI=1S/C7H9N5OS/c1-2-13-6-10-5(8)12(11-6)7-9-3-4-14-7/h3-4H,2H2,1H3,(H2,8,10,11). The molecule has 0 atom stereocenters. The highest BCUT2D eigenvalue weighted by atomic mass is 32.1. The van der Waals surface area contributed by atoms with Gasteiger partial charge in [-0.15, -0.1) is 16.4 Å². The molecule has 0 spiro atoms. The van der Waals surface area contributed by atoms with Crippen molar-refractivity contribution < 1.29 is 4.74 Å². The third-order valence-electron chi connectivity index (χ3n) is 1.49. The minimum atomic E-state index is 0.278. The maximum absolute atomic E-state index is 5.64. The Kier molecular flexibility index (Phi) is 2.32. The summed E-state index contributed by atoms with van der Waals surface area (Å²) in [5.41, 5.74) is 5.64. The van der Waals surface area contributed by atoms with Crippen LogP contribution in [0.5, 0.6) is 6.01 Å². The quantitative estimate of drug-likeness (QED) is 0.808. The molecule has 2 aromatic heterocycles. The minimum Gasteiger partial charge on any atom is -0.463 e. The van der Waals surface area contributed by atoms with E-state index in [2.05, 4.69) is 15.1 Å². The van der Waals surface area contributed by atoms with Crippen molar-refractivity contribution in [3.63, 3.8) is 0 Å². The zero-order chi connectivity index (χ0) is 9.97. The monoisotopic (exact) mass is 211 g/mol. The first-order valence-electron chi connectivity index (χ1n) is 4.06. The molecule has 2 heterocycles. The first kappa shape index (κ1) is 8.95. The molecule has 0 aliphatic rings. The van der Waals surface area contributed by atoms with Crippen LogP contribution in [0.2, 0.25) is 0 Å². The molecule has 6 nitrogen and oxygen atoms in total. The van der Waals surface area contributed by atoms with Crippen molar-refractivity contribution in [2.24, 2.45) is 0 Å².